The number of nitrogens with zero attached hydrogens (tertiary/aromatic N) is 3. The molecule has 0 radical (unpaired) electrons. The van der Waals surface area contributed by atoms with Crippen LogP contribution >= 0.6 is 23.1 Å². The normalized spacial score (nSPS) is 10.9. The number of thiazole rings is 1. The second kappa shape index (κ2) is 9.37. The van der Waals surface area contributed by atoms with Crippen LogP contribution in [0.15, 0.2) is 70.5 Å². The Kier molecular flexibility index (Phi) is 6.38. The molecule has 0 aliphatic rings. The van der Waals surface area contributed by atoms with E-state index in [9.17, 15) is 14.7 Å². The van der Waals surface area contributed by atoms with Gasteiger partial charge in [0.05, 0.1) is 22.2 Å². The van der Waals surface area contributed by atoms with Gasteiger partial charge in [0, 0.05) is 23.4 Å². The average molecular weight is 465 g/mol. The second-order valence-corrected chi connectivity index (χ2v) is 8.86. The van der Waals surface area contributed by atoms with E-state index in [1.165, 1.54) is 51.4 Å². The SMILES string of the molecule is C=CCn1c(SCc2csc(Nc3ccc(C)cc3)n2)nc2cc(C(=O)O)ccc2c1=O. The molecule has 2 aromatic carbocycles. The van der Waals surface area contributed by atoms with Crippen molar-refractivity contribution >= 4 is 50.8 Å². The lowest BCUT2D eigenvalue weighted by Gasteiger charge is -2.11. The molecule has 32 heavy (non-hydrogen) atoms. The number of allylic oxidation sites excluding steroid dienone is 1. The molecule has 2 aromatic heterocycles. The quantitative estimate of drug-likeness (QED) is 0.213. The van der Waals surface area contributed by atoms with E-state index in [1.54, 1.807) is 6.08 Å². The zero-order chi connectivity index (χ0) is 22.7. The molecule has 0 unspecified atom stereocenters. The van der Waals surface area contributed by atoms with Crippen molar-refractivity contribution in [2.45, 2.75) is 24.4 Å². The molecule has 9 heteroatoms. The number of benzene rings is 2. The van der Waals surface area contributed by atoms with E-state index in [1.807, 2.05) is 36.6 Å². The Labute approximate surface area is 192 Å². The highest BCUT2D eigenvalue weighted by molar-refractivity contribution is 7.98. The highest BCUT2D eigenvalue weighted by Crippen LogP contribution is 2.26. The monoisotopic (exact) mass is 464 g/mol. The van der Waals surface area contributed by atoms with Crippen LogP contribution in [-0.2, 0) is 12.3 Å². The number of aromatic nitrogens is 3. The topological polar surface area (TPSA) is 97.1 Å². The maximum atomic E-state index is 13.0. The fourth-order valence-electron chi connectivity index (χ4n) is 3.06. The van der Waals surface area contributed by atoms with E-state index in [4.69, 9.17) is 0 Å². The van der Waals surface area contributed by atoms with Crippen molar-refractivity contribution in [1.29, 1.82) is 0 Å². The minimum atomic E-state index is -1.06. The van der Waals surface area contributed by atoms with Crippen LogP contribution in [0.4, 0.5) is 10.8 Å². The summed E-state index contributed by atoms with van der Waals surface area (Å²) in [5.41, 5.74) is 3.23. The van der Waals surface area contributed by atoms with Gasteiger partial charge in [-0.3, -0.25) is 9.36 Å². The largest absolute Gasteiger partial charge is 0.478 e. The number of hydrogen-bond donors (Lipinski definition) is 2. The van der Waals surface area contributed by atoms with Gasteiger partial charge in [-0.2, -0.15) is 0 Å². The minimum absolute atomic E-state index is 0.0909. The van der Waals surface area contributed by atoms with Gasteiger partial charge >= 0.3 is 5.97 Å². The molecule has 162 valence electrons. The number of carboxylic acid groups (broad SMARTS) is 1. The van der Waals surface area contributed by atoms with Crippen molar-refractivity contribution in [1.82, 2.24) is 14.5 Å². The molecule has 0 fully saturated rings. The van der Waals surface area contributed by atoms with Gasteiger partial charge in [-0.1, -0.05) is 35.5 Å². The summed E-state index contributed by atoms with van der Waals surface area (Å²) in [6.45, 7) is 6.08. The predicted octanol–water partition coefficient (Wildman–Crippen LogP) is 5.08. The van der Waals surface area contributed by atoms with E-state index < -0.39 is 5.97 Å². The highest BCUT2D eigenvalue weighted by atomic mass is 32.2. The van der Waals surface area contributed by atoms with Gasteiger partial charge in [-0.25, -0.2) is 14.8 Å². The molecule has 7 nitrogen and oxygen atoms in total. The lowest BCUT2D eigenvalue weighted by molar-refractivity contribution is 0.0697. The summed E-state index contributed by atoms with van der Waals surface area (Å²) in [7, 11) is 0. The van der Waals surface area contributed by atoms with Gasteiger partial charge in [-0.15, -0.1) is 17.9 Å². The summed E-state index contributed by atoms with van der Waals surface area (Å²) in [6, 6.07) is 12.4. The van der Waals surface area contributed by atoms with E-state index in [2.05, 4.69) is 21.9 Å². The molecule has 0 spiro atoms. The Morgan fingerprint density at radius 2 is 2.03 bits per heavy atom. The molecule has 0 saturated heterocycles. The van der Waals surface area contributed by atoms with Crippen molar-refractivity contribution in [3.05, 3.63) is 87.7 Å². The van der Waals surface area contributed by atoms with Crippen LogP contribution in [-0.4, -0.2) is 25.6 Å². The lowest BCUT2D eigenvalue weighted by Crippen LogP contribution is -2.23. The molecular weight excluding hydrogens is 444 g/mol. The molecule has 4 aromatic rings. The first kappa shape index (κ1) is 21.8. The lowest BCUT2D eigenvalue weighted by atomic mass is 10.1. The summed E-state index contributed by atoms with van der Waals surface area (Å²) < 4.78 is 1.54. The van der Waals surface area contributed by atoms with Crippen LogP contribution in [0.3, 0.4) is 0 Å². The van der Waals surface area contributed by atoms with Crippen molar-refractivity contribution in [3.8, 4) is 0 Å². The third kappa shape index (κ3) is 4.74. The van der Waals surface area contributed by atoms with Crippen molar-refractivity contribution in [2.75, 3.05) is 5.32 Å². The Balaban J connectivity index is 1.58. The van der Waals surface area contributed by atoms with Crippen molar-refractivity contribution < 1.29 is 9.90 Å². The van der Waals surface area contributed by atoms with Gasteiger partial charge in [0.1, 0.15) is 0 Å². The third-order valence-corrected chi connectivity index (χ3v) is 6.50. The number of aromatic carboxylic acids is 1. The van der Waals surface area contributed by atoms with Crippen molar-refractivity contribution in [2.24, 2.45) is 0 Å². The number of hydrogen-bond acceptors (Lipinski definition) is 7. The molecule has 0 saturated carbocycles. The third-order valence-electron chi connectivity index (χ3n) is 4.68. The van der Waals surface area contributed by atoms with Crippen LogP contribution in [0, 0.1) is 6.92 Å². The standard InChI is InChI=1S/C23H20N4O3S2/c1-3-10-27-20(28)18-9-6-15(21(29)30)11-19(18)26-23(27)32-13-17-12-31-22(25-17)24-16-7-4-14(2)5-8-16/h3-9,11-12H,1,10,13H2,2H3,(H,24,25)(H,29,30). The maximum absolute atomic E-state index is 13.0. The van der Waals surface area contributed by atoms with Crippen LogP contribution < -0.4 is 10.9 Å². The van der Waals surface area contributed by atoms with Crippen LogP contribution in [0.1, 0.15) is 21.6 Å². The summed E-state index contributed by atoms with van der Waals surface area (Å²) in [5.74, 6) is -0.547. The maximum Gasteiger partial charge on any atom is 0.335 e. The van der Waals surface area contributed by atoms with E-state index >= 15 is 0 Å². The number of nitrogens with one attached hydrogen (secondary N) is 1. The first-order chi connectivity index (χ1) is 15.4. The van der Waals surface area contributed by atoms with E-state index in [-0.39, 0.29) is 11.1 Å². The molecule has 0 amide bonds. The zero-order valence-electron chi connectivity index (χ0n) is 17.2. The van der Waals surface area contributed by atoms with Gasteiger partial charge in [0.2, 0.25) is 0 Å². The number of carbonyl (C=O) groups is 1. The molecule has 0 aliphatic carbocycles. The van der Waals surface area contributed by atoms with Gasteiger partial charge < -0.3 is 10.4 Å². The van der Waals surface area contributed by atoms with Crippen LogP contribution in [0.2, 0.25) is 0 Å². The Morgan fingerprint density at radius 1 is 1.25 bits per heavy atom. The fourth-order valence-corrected chi connectivity index (χ4v) is 4.80. The van der Waals surface area contributed by atoms with Crippen LogP contribution in [0.5, 0.6) is 0 Å². The molecular formula is C23H20N4O3S2. The smallest absolute Gasteiger partial charge is 0.335 e. The van der Waals surface area contributed by atoms with Crippen LogP contribution in [0.25, 0.3) is 10.9 Å². The second-order valence-electron chi connectivity index (χ2n) is 7.06. The predicted molar refractivity (Wildman–Crippen MR) is 129 cm³/mol. The Hall–Kier alpha value is -3.43. The van der Waals surface area contributed by atoms with Crippen molar-refractivity contribution in [3.63, 3.8) is 0 Å². The number of aryl methyl sites for hydroxylation is 1. The highest BCUT2D eigenvalue weighted by Gasteiger charge is 2.14. The van der Waals surface area contributed by atoms with Gasteiger partial charge in [-0.05, 0) is 37.3 Å². The zero-order valence-corrected chi connectivity index (χ0v) is 18.9. The summed E-state index contributed by atoms with van der Waals surface area (Å²) in [4.78, 5) is 33.4. The van der Waals surface area contributed by atoms with E-state index in [0.717, 1.165) is 16.5 Å². The average Bonchev–Trinajstić information content (AvgIpc) is 3.23. The number of anilines is 2. The number of fused-ring (bicyclic) bond motifs is 1. The molecule has 2 N–H and O–H groups in total. The Bertz CT molecular complexity index is 1360. The number of thioether (sulfide) groups is 1. The molecule has 0 atom stereocenters. The Morgan fingerprint density at radius 3 is 2.75 bits per heavy atom. The molecule has 2 heterocycles. The fraction of sp³-hybridized carbons (Fsp3) is 0.130. The van der Waals surface area contributed by atoms with E-state index in [0.29, 0.717) is 28.4 Å². The summed E-state index contributed by atoms with van der Waals surface area (Å²) in [5, 5.41) is 16.2. The minimum Gasteiger partial charge on any atom is -0.478 e. The number of rotatable bonds is 8. The number of carboxylic acids is 1. The first-order valence-corrected chi connectivity index (χ1v) is 11.6. The molecule has 4 rings (SSSR count). The summed E-state index contributed by atoms with van der Waals surface area (Å²) >= 11 is 2.88. The van der Waals surface area contributed by atoms with Gasteiger partial charge in [0.25, 0.3) is 5.56 Å². The first-order valence-electron chi connectivity index (χ1n) is 9.74. The molecule has 0 bridgehead atoms. The van der Waals surface area contributed by atoms with Gasteiger partial charge in [0.15, 0.2) is 10.3 Å². The summed E-state index contributed by atoms with van der Waals surface area (Å²) in [6.07, 6.45) is 1.64. The molecule has 0 aliphatic heterocycles.